The van der Waals surface area contributed by atoms with Crippen molar-refractivity contribution in [3.05, 3.63) is 28.8 Å². The van der Waals surface area contributed by atoms with Crippen molar-refractivity contribution in [3.63, 3.8) is 0 Å². The van der Waals surface area contributed by atoms with Gasteiger partial charge in [0, 0.05) is 0 Å². The first-order chi connectivity index (χ1) is 8.05. The quantitative estimate of drug-likeness (QED) is 0.676. The zero-order valence-electron chi connectivity index (χ0n) is 9.87. The SMILES string of the molecule is CC.Cc1ccc(O)c(C(F)(F)F)c1C(F)(F)F. The first-order valence-corrected chi connectivity index (χ1v) is 5.02. The van der Waals surface area contributed by atoms with Crippen LogP contribution in [0, 0.1) is 6.92 Å². The van der Waals surface area contributed by atoms with Gasteiger partial charge in [-0.2, -0.15) is 26.3 Å². The van der Waals surface area contributed by atoms with Crippen LogP contribution in [0.15, 0.2) is 12.1 Å². The Morgan fingerprint density at radius 1 is 0.833 bits per heavy atom. The first-order valence-electron chi connectivity index (χ1n) is 5.02. The number of phenolic OH excluding ortho intramolecular Hbond substituents is 1. The van der Waals surface area contributed by atoms with Crippen LogP contribution < -0.4 is 0 Å². The summed E-state index contributed by atoms with van der Waals surface area (Å²) in [5.41, 5.74) is -4.47. The van der Waals surface area contributed by atoms with Crippen LogP contribution in [0.3, 0.4) is 0 Å². The number of benzene rings is 1. The van der Waals surface area contributed by atoms with E-state index in [0.717, 1.165) is 13.0 Å². The van der Waals surface area contributed by atoms with Crippen LogP contribution in [0.4, 0.5) is 26.3 Å². The highest BCUT2D eigenvalue weighted by Crippen LogP contribution is 2.45. The highest BCUT2D eigenvalue weighted by atomic mass is 19.4. The predicted octanol–water partition coefficient (Wildman–Crippen LogP) is 4.76. The summed E-state index contributed by atoms with van der Waals surface area (Å²) in [4.78, 5) is 0. The molecule has 18 heavy (non-hydrogen) atoms. The van der Waals surface area contributed by atoms with Gasteiger partial charge < -0.3 is 5.11 Å². The van der Waals surface area contributed by atoms with Crippen LogP contribution in [0.1, 0.15) is 30.5 Å². The van der Waals surface area contributed by atoms with Crippen LogP contribution in [0.5, 0.6) is 5.75 Å². The normalized spacial score (nSPS) is 11.8. The number of phenols is 1. The average Bonchev–Trinajstić information content (AvgIpc) is 2.20. The van der Waals surface area contributed by atoms with Crippen LogP contribution in [0.2, 0.25) is 0 Å². The molecule has 0 aliphatic rings. The summed E-state index contributed by atoms with van der Waals surface area (Å²) in [5, 5.41) is 8.89. The number of aromatic hydroxyl groups is 1. The molecule has 1 rings (SSSR count). The lowest BCUT2D eigenvalue weighted by molar-refractivity contribution is -0.163. The minimum Gasteiger partial charge on any atom is -0.507 e. The smallest absolute Gasteiger partial charge is 0.420 e. The zero-order chi connectivity index (χ0) is 14.7. The maximum Gasteiger partial charge on any atom is 0.420 e. The fourth-order valence-electron chi connectivity index (χ4n) is 1.35. The molecule has 1 aromatic carbocycles. The molecule has 0 aliphatic carbocycles. The number of alkyl halides is 6. The molecule has 1 aromatic rings. The van der Waals surface area contributed by atoms with Gasteiger partial charge in [-0.1, -0.05) is 19.9 Å². The Morgan fingerprint density at radius 3 is 1.50 bits per heavy atom. The van der Waals surface area contributed by atoms with E-state index < -0.39 is 34.8 Å². The van der Waals surface area contributed by atoms with E-state index in [1.807, 2.05) is 13.8 Å². The molecule has 0 saturated carbocycles. The summed E-state index contributed by atoms with van der Waals surface area (Å²) in [7, 11) is 0. The third kappa shape index (κ3) is 3.54. The third-order valence-electron chi connectivity index (χ3n) is 1.96. The second kappa shape index (κ2) is 5.49. The minimum absolute atomic E-state index is 0.586. The van der Waals surface area contributed by atoms with Crippen molar-refractivity contribution in [2.45, 2.75) is 33.1 Å². The van der Waals surface area contributed by atoms with Gasteiger partial charge in [-0.25, -0.2) is 0 Å². The predicted molar refractivity (Wildman–Crippen MR) is 54.2 cm³/mol. The van der Waals surface area contributed by atoms with Crippen molar-refractivity contribution < 1.29 is 31.4 Å². The lowest BCUT2D eigenvalue weighted by atomic mass is 10.00. The maximum atomic E-state index is 12.4. The van der Waals surface area contributed by atoms with E-state index in [2.05, 4.69) is 0 Å². The topological polar surface area (TPSA) is 20.2 Å². The average molecular weight is 274 g/mol. The Bertz CT molecular complexity index is 366. The van der Waals surface area contributed by atoms with Crippen LogP contribution in [-0.2, 0) is 12.4 Å². The lowest BCUT2D eigenvalue weighted by Crippen LogP contribution is -2.18. The van der Waals surface area contributed by atoms with Gasteiger partial charge in [0.15, 0.2) is 0 Å². The van der Waals surface area contributed by atoms with E-state index in [1.54, 1.807) is 0 Å². The Hall–Kier alpha value is -1.40. The number of hydrogen-bond donors (Lipinski definition) is 1. The van der Waals surface area contributed by atoms with Crippen molar-refractivity contribution >= 4 is 0 Å². The van der Waals surface area contributed by atoms with Gasteiger partial charge in [0.1, 0.15) is 11.3 Å². The Morgan fingerprint density at radius 2 is 1.22 bits per heavy atom. The molecule has 1 nitrogen and oxygen atoms in total. The fraction of sp³-hybridized carbons (Fsp3) is 0.455. The van der Waals surface area contributed by atoms with E-state index in [4.69, 9.17) is 5.11 Å². The molecule has 0 aliphatic heterocycles. The molecular formula is C11H12F6O. The van der Waals surface area contributed by atoms with E-state index >= 15 is 0 Å². The standard InChI is InChI=1S/C9H6F6O.C2H6/c1-4-2-3-5(16)7(9(13,14)15)6(4)8(10,11)12;1-2/h2-3,16H,1H3;1-2H3. The Kier molecular flexibility index (Phi) is 5.07. The molecular weight excluding hydrogens is 262 g/mol. The van der Waals surface area contributed by atoms with Gasteiger partial charge in [0.05, 0.1) is 5.56 Å². The summed E-state index contributed by atoms with van der Waals surface area (Å²) in [5.74, 6) is -1.43. The van der Waals surface area contributed by atoms with Gasteiger partial charge in [0.2, 0.25) is 0 Å². The van der Waals surface area contributed by atoms with Crippen molar-refractivity contribution in [2.24, 2.45) is 0 Å². The van der Waals surface area contributed by atoms with Crippen LogP contribution in [0.25, 0.3) is 0 Å². The van der Waals surface area contributed by atoms with Gasteiger partial charge in [-0.05, 0) is 18.6 Å². The van der Waals surface area contributed by atoms with Crippen molar-refractivity contribution in [2.75, 3.05) is 0 Å². The molecule has 0 saturated heterocycles. The maximum absolute atomic E-state index is 12.4. The molecule has 0 amide bonds. The molecule has 0 fully saturated rings. The highest BCUT2D eigenvalue weighted by molar-refractivity contribution is 5.47. The molecule has 0 radical (unpaired) electrons. The van der Waals surface area contributed by atoms with E-state index in [1.165, 1.54) is 0 Å². The van der Waals surface area contributed by atoms with E-state index in [-0.39, 0.29) is 0 Å². The minimum atomic E-state index is -5.25. The second-order valence-electron chi connectivity index (χ2n) is 3.15. The fourth-order valence-corrected chi connectivity index (χ4v) is 1.35. The van der Waals surface area contributed by atoms with Crippen molar-refractivity contribution in [1.29, 1.82) is 0 Å². The van der Waals surface area contributed by atoms with E-state index in [9.17, 15) is 26.3 Å². The zero-order valence-corrected chi connectivity index (χ0v) is 9.87. The van der Waals surface area contributed by atoms with Crippen LogP contribution in [-0.4, -0.2) is 5.11 Å². The molecule has 0 spiro atoms. The molecule has 1 N–H and O–H groups in total. The summed E-state index contributed by atoms with van der Waals surface area (Å²) >= 11 is 0. The van der Waals surface area contributed by atoms with Crippen molar-refractivity contribution in [1.82, 2.24) is 0 Å². The molecule has 104 valence electrons. The third-order valence-corrected chi connectivity index (χ3v) is 1.96. The monoisotopic (exact) mass is 274 g/mol. The lowest BCUT2D eigenvalue weighted by Gasteiger charge is -2.18. The largest absolute Gasteiger partial charge is 0.507 e. The highest BCUT2D eigenvalue weighted by Gasteiger charge is 2.46. The number of hydrogen-bond acceptors (Lipinski definition) is 1. The van der Waals surface area contributed by atoms with Gasteiger partial charge >= 0.3 is 12.4 Å². The second-order valence-corrected chi connectivity index (χ2v) is 3.15. The van der Waals surface area contributed by atoms with Crippen LogP contribution >= 0.6 is 0 Å². The summed E-state index contributed by atoms with van der Waals surface area (Å²) in [6, 6.07) is 1.38. The molecule has 7 heteroatoms. The number of aryl methyl sites for hydroxylation is 1. The van der Waals surface area contributed by atoms with Gasteiger partial charge in [0.25, 0.3) is 0 Å². The summed E-state index contributed by atoms with van der Waals surface area (Å²) in [6.45, 7) is 4.90. The number of halogens is 6. The Labute approximate surface area is 100 Å². The molecule has 0 bridgehead atoms. The van der Waals surface area contributed by atoms with E-state index in [0.29, 0.717) is 6.07 Å². The van der Waals surface area contributed by atoms with Gasteiger partial charge in [-0.15, -0.1) is 0 Å². The summed E-state index contributed by atoms with van der Waals surface area (Å²) < 4.78 is 74.3. The first kappa shape index (κ1) is 16.6. The number of rotatable bonds is 0. The Balaban J connectivity index is 0.00000137. The molecule has 0 heterocycles. The molecule has 0 aromatic heterocycles. The molecule has 0 unspecified atom stereocenters. The molecule has 0 atom stereocenters. The van der Waals surface area contributed by atoms with Crippen molar-refractivity contribution in [3.8, 4) is 5.75 Å². The van der Waals surface area contributed by atoms with Gasteiger partial charge in [-0.3, -0.25) is 0 Å². The summed E-state index contributed by atoms with van der Waals surface area (Å²) in [6.07, 6.45) is -10.4.